The van der Waals surface area contributed by atoms with E-state index >= 15 is 0 Å². The van der Waals surface area contributed by atoms with Crippen molar-refractivity contribution < 1.29 is 23.5 Å². The summed E-state index contributed by atoms with van der Waals surface area (Å²) in [4.78, 5) is 23.3. The average molecular weight is 285 g/mol. The number of piperidine rings is 1. The molecular weight excluding hydrogens is 272 g/mol. The van der Waals surface area contributed by atoms with Crippen LogP contribution in [0.25, 0.3) is 0 Å². The van der Waals surface area contributed by atoms with E-state index in [1.165, 1.54) is 0 Å². The Morgan fingerprint density at radius 1 is 1.30 bits per heavy atom. The van der Waals surface area contributed by atoms with E-state index < -0.39 is 35.5 Å². The molecule has 0 aliphatic carbocycles. The summed E-state index contributed by atoms with van der Waals surface area (Å²) in [5.74, 6) is -4.24. The Kier molecular flexibility index (Phi) is 4.14. The fourth-order valence-electron chi connectivity index (χ4n) is 1.93. The lowest BCUT2D eigenvalue weighted by Crippen LogP contribution is -2.52. The smallest absolute Gasteiger partial charge is 0.253 e. The predicted molar refractivity (Wildman–Crippen MR) is 65.2 cm³/mol. The number of benzene rings is 1. The molecule has 8 heteroatoms. The van der Waals surface area contributed by atoms with Crippen LogP contribution in [0.15, 0.2) is 18.2 Å². The van der Waals surface area contributed by atoms with Gasteiger partial charge < -0.3 is 10.4 Å². The third-order valence-electron chi connectivity index (χ3n) is 2.88. The number of amides is 2. The first-order valence-corrected chi connectivity index (χ1v) is 5.95. The minimum absolute atomic E-state index is 0.0124. The van der Waals surface area contributed by atoms with Crippen LogP contribution in [-0.4, -0.2) is 29.6 Å². The molecule has 0 spiro atoms. The van der Waals surface area contributed by atoms with Gasteiger partial charge in [-0.05, 0) is 18.6 Å². The molecule has 2 atom stereocenters. The highest BCUT2D eigenvalue weighted by molar-refractivity contribution is 6.01. The maximum absolute atomic E-state index is 12.9. The monoisotopic (exact) mass is 285 g/mol. The number of carbonyl (C=O) groups excluding carboxylic acids is 2. The Bertz CT molecular complexity index is 518. The van der Waals surface area contributed by atoms with Crippen molar-refractivity contribution in [3.63, 3.8) is 0 Å². The van der Waals surface area contributed by atoms with Gasteiger partial charge in [0.1, 0.15) is 17.6 Å². The molecule has 1 aromatic carbocycles. The Morgan fingerprint density at radius 2 is 1.95 bits per heavy atom. The molecule has 1 heterocycles. The molecule has 0 radical (unpaired) electrons. The van der Waals surface area contributed by atoms with Crippen LogP contribution in [0, 0.1) is 17.6 Å². The molecule has 2 unspecified atom stereocenters. The van der Waals surface area contributed by atoms with Crippen LogP contribution < -0.4 is 16.2 Å². The van der Waals surface area contributed by atoms with Crippen molar-refractivity contribution in [2.24, 2.45) is 5.92 Å². The maximum Gasteiger partial charge on any atom is 0.253 e. The number of carbonyl (C=O) groups is 2. The van der Waals surface area contributed by atoms with E-state index in [1.807, 2.05) is 0 Å². The Morgan fingerprint density at radius 3 is 2.55 bits per heavy atom. The maximum atomic E-state index is 12.9. The van der Waals surface area contributed by atoms with Gasteiger partial charge in [0.15, 0.2) is 0 Å². The van der Waals surface area contributed by atoms with Gasteiger partial charge >= 0.3 is 0 Å². The molecule has 2 rings (SSSR count). The zero-order chi connectivity index (χ0) is 14.7. The van der Waals surface area contributed by atoms with E-state index in [-0.39, 0.29) is 12.1 Å². The quantitative estimate of drug-likeness (QED) is 0.461. The fourth-order valence-corrected chi connectivity index (χ4v) is 1.93. The summed E-state index contributed by atoms with van der Waals surface area (Å²) in [6.45, 7) is 0.298. The second-order valence-electron chi connectivity index (χ2n) is 4.40. The van der Waals surface area contributed by atoms with E-state index in [1.54, 1.807) is 0 Å². The lowest BCUT2D eigenvalue weighted by Gasteiger charge is -2.26. The molecule has 20 heavy (non-hydrogen) atoms. The third kappa shape index (κ3) is 3.21. The van der Waals surface area contributed by atoms with Crippen LogP contribution >= 0.6 is 0 Å². The van der Waals surface area contributed by atoms with Crippen LogP contribution in [0.4, 0.5) is 14.5 Å². The van der Waals surface area contributed by atoms with Crippen molar-refractivity contribution in [1.82, 2.24) is 10.7 Å². The number of rotatable bonds is 3. The first-order chi connectivity index (χ1) is 9.47. The molecule has 1 saturated heterocycles. The summed E-state index contributed by atoms with van der Waals surface area (Å²) >= 11 is 0. The van der Waals surface area contributed by atoms with Gasteiger partial charge in [-0.15, -0.1) is 0 Å². The van der Waals surface area contributed by atoms with Crippen molar-refractivity contribution in [2.75, 3.05) is 12.0 Å². The van der Waals surface area contributed by atoms with Crippen molar-refractivity contribution >= 4 is 17.5 Å². The SMILES string of the molecule is O=C1NCCC(O)C1C(=O)NNc1cc(F)cc(F)c1. The minimum atomic E-state index is -1.25. The molecule has 0 saturated carbocycles. The van der Waals surface area contributed by atoms with Crippen molar-refractivity contribution in [2.45, 2.75) is 12.5 Å². The van der Waals surface area contributed by atoms with Gasteiger partial charge in [0.2, 0.25) is 5.91 Å². The van der Waals surface area contributed by atoms with Crippen LogP contribution in [0.5, 0.6) is 0 Å². The molecule has 1 fully saturated rings. The summed E-state index contributed by atoms with van der Waals surface area (Å²) in [7, 11) is 0. The normalized spacial score (nSPS) is 22.1. The molecule has 1 aliphatic rings. The largest absolute Gasteiger partial charge is 0.392 e. The molecule has 108 valence electrons. The molecule has 6 nitrogen and oxygen atoms in total. The highest BCUT2D eigenvalue weighted by Gasteiger charge is 2.36. The lowest BCUT2D eigenvalue weighted by molar-refractivity contribution is -0.142. The first-order valence-electron chi connectivity index (χ1n) is 5.95. The van der Waals surface area contributed by atoms with Crippen LogP contribution in [0.2, 0.25) is 0 Å². The van der Waals surface area contributed by atoms with Gasteiger partial charge in [-0.2, -0.15) is 0 Å². The minimum Gasteiger partial charge on any atom is -0.392 e. The average Bonchev–Trinajstić information content (AvgIpc) is 2.35. The standard InChI is InChI=1S/C12H13F2N3O3/c13-6-3-7(14)5-8(4-6)16-17-12(20)10-9(18)1-2-15-11(10)19/h3-5,9-10,16,18H,1-2H2,(H,15,19)(H,17,20). The van der Waals surface area contributed by atoms with E-state index in [0.717, 1.165) is 12.1 Å². The fraction of sp³-hybridized carbons (Fsp3) is 0.333. The zero-order valence-corrected chi connectivity index (χ0v) is 10.3. The number of hydrogen-bond acceptors (Lipinski definition) is 4. The van der Waals surface area contributed by atoms with Gasteiger partial charge in [0.25, 0.3) is 5.91 Å². The van der Waals surface area contributed by atoms with Crippen LogP contribution in [0.1, 0.15) is 6.42 Å². The number of aliphatic hydroxyl groups is 1. The number of aliphatic hydroxyl groups excluding tert-OH is 1. The number of hydrazine groups is 1. The van der Waals surface area contributed by atoms with E-state index in [2.05, 4.69) is 16.2 Å². The predicted octanol–water partition coefficient (Wildman–Crippen LogP) is -0.0951. The van der Waals surface area contributed by atoms with Gasteiger partial charge in [-0.25, -0.2) is 8.78 Å². The summed E-state index contributed by atoms with van der Waals surface area (Å²) in [5, 5.41) is 12.1. The van der Waals surface area contributed by atoms with Crippen LogP contribution in [0.3, 0.4) is 0 Å². The number of halogens is 2. The molecule has 2 amide bonds. The Hall–Kier alpha value is -2.22. The highest BCUT2D eigenvalue weighted by Crippen LogP contribution is 2.14. The second-order valence-corrected chi connectivity index (χ2v) is 4.40. The summed E-state index contributed by atoms with van der Waals surface area (Å²) in [5.41, 5.74) is 4.42. The topological polar surface area (TPSA) is 90.5 Å². The lowest BCUT2D eigenvalue weighted by atomic mass is 9.95. The van der Waals surface area contributed by atoms with E-state index in [4.69, 9.17) is 0 Å². The Labute approximate surface area is 113 Å². The summed E-state index contributed by atoms with van der Waals surface area (Å²) in [6, 6.07) is 2.63. The second kappa shape index (κ2) is 5.83. The van der Waals surface area contributed by atoms with E-state index in [0.29, 0.717) is 12.6 Å². The molecule has 1 aliphatic heterocycles. The number of nitrogens with one attached hydrogen (secondary N) is 3. The molecule has 4 N–H and O–H groups in total. The molecule has 0 aromatic heterocycles. The van der Waals surface area contributed by atoms with Crippen molar-refractivity contribution in [3.8, 4) is 0 Å². The van der Waals surface area contributed by atoms with Crippen molar-refractivity contribution in [3.05, 3.63) is 29.8 Å². The van der Waals surface area contributed by atoms with Crippen molar-refractivity contribution in [1.29, 1.82) is 0 Å². The third-order valence-corrected chi connectivity index (χ3v) is 2.88. The first kappa shape index (κ1) is 14.2. The molecule has 0 bridgehead atoms. The van der Waals surface area contributed by atoms with Crippen LogP contribution in [-0.2, 0) is 9.59 Å². The van der Waals surface area contributed by atoms with Gasteiger partial charge in [-0.1, -0.05) is 0 Å². The molecule has 1 aromatic rings. The summed E-state index contributed by atoms with van der Waals surface area (Å²) < 4.78 is 25.9. The van der Waals surface area contributed by atoms with Gasteiger partial charge in [-0.3, -0.25) is 20.4 Å². The number of hydrogen-bond donors (Lipinski definition) is 4. The Balaban J connectivity index is 1.99. The molecular formula is C12H13F2N3O3. The number of anilines is 1. The highest BCUT2D eigenvalue weighted by atomic mass is 19.1. The van der Waals surface area contributed by atoms with E-state index in [9.17, 15) is 23.5 Å². The van der Waals surface area contributed by atoms with Gasteiger partial charge in [0.05, 0.1) is 11.8 Å². The zero-order valence-electron chi connectivity index (χ0n) is 10.3. The summed E-state index contributed by atoms with van der Waals surface area (Å²) in [6.07, 6.45) is -0.826. The van der Waals surface area contributed by atoms with Gasteiger partial charge in [0, 0.05) is 12.6 Å².